The monoisotopic (exact) mass is 322 g/mol. The summed E-state index contributed by atoms with van der Waals surface area (Å²) in [5.41, 5.74) is 7.58. The van der Waals surface area contributed by atoms with E-state index in [1.54, 1.807) is 24.3 Å². The summed E-state index contributed by atoms with van der Waals surface area (Å²) in [5.74, 6) is -0.885. The van der Waals surface area contributed by atoms with Gasteiger partial charge in [-0.05, 0) is 48.9 Å². The first-order valence-corrected chi connectivity index (χ1v) is 6.38. The van der Waals surface area contributed by atoms with Gasteiger partial charge >= 0.3 is 0 Å². The van der Waals surface area contributed by atoms with Crippen LogP contribution in [0, 0.1) is 12.7 Å². The summed E-state index contributed by atoms with van der Waals surface area (Å²) in [6.45, 7) is 1.84. The second-order valence-electron chi connectivity index (χ2n) is 4.21. The van der Waals surface area contributed by atoms with Crippen molar-refractivity contribution in [3.8, 4) is 0 Å². The Kier molecular flexibility index (Phi) is 3.85. The van der Waals surface area contributed by atoms with Crippen LogP contribution in [-0.2, 0) is 0 Å². The minimum absolute atomic E-state index is 0.124. The Labute approximate surface area is 118 Å². The molecule has 5 heteroatoms. The third kappa shape index (κ3) is 3.32. The van der Waals surface area contributed by atoms with Gasteiger partial charge in [-0.15, -0.1) is 0 Å². The smallest absolute Gasteiger partial charge is 0.255 e. The summed E-state index contributed by atoms with van der Waals surface area (Å²) < 4.78 is 14.2. The van der Waals surface area contributed by atoms with Crippen molar-refractivity contribution < 1.29 is 9.18 Å². The molecule has 0 aromatic heterocycles. The van der Waals surface area contributed by atoms with Crippen LogP contribution in [-0.4, -0.2) is 5.91 Å². The highest BCUT2D eigenvalue weighted by Crippen LogP contribution is 2.21. The quantitative estimate of drug-likeness (QED) is 0.828. The Hall–Kier alpha value is -1.88. The summed E-state index contributed by atoms with van der Waals surface area (Å²) in [5, 5.41) is 2.52. The molecule has 0 spiro atoms. The average Bonchev–Trinajstić information content (AvgIpc) is 2.32. The predicted octanol–water partition coefficient (Wildman–Crippen LogP) is 3.73. The summed E-state index contributed by atoms with van der Waals surface area (Å²) in [6.07, 6.45) is 0. The maximum absolute atomic E-state index is 13.5. The van der Waals surface area contributed by atoms with Gasteiger partial charge in [0.2, 0.25) is 0 Å². The van der Waals surface area contributed by atoms with Crippen molar-refractivity contribution in [2.45, 2.75) is 6.92 Å². The Balaban J connectivity index is 2.28. The van der Waals surface area contributed by atoms with E-state index in [4.69, 9.17) is 5.73 Å². The fourth-order valence-corrected chi connectivity index (χ4v) is 2.09. The molecule has 0 aliphatic carbocycles. The first kappa shape index (κ1) is 13.5. The van der Waals surface area contributed by atoms with Crippen LogP contribution in [0.15, 0.2) is 40.9 Å². The number of hydrogen-bond donors (Lipinski definition) is 2. The predicted molar refractivity (Wildman–Crippen MR) is 77.6 cm³/mol. The van der Waals surface area contributed by atoms with E-state index in [1.807, 2.05) is 6.92 Å². The van der Waals surface area contributed by atoms with Crippen LogP contribution < -0.4 is 11.1 Å². The van der Waals surface area contributed by atoms with E-state index in [2.05, 4.69) is 21.2 Å². The molecule has 3 nitrogen and oxygen atoms in total. The number of carbonyl (C=O) groups excluding carboxylic acids is 1. The third-order valence-corrected chi connectivity index (χ3v) is 3.03. The second kappa shape index (κ2) is 5.40. The lowest BCUT2D eigenvalue weighted by Crippen LogP contribution is -2.13. The van der Waals surface area contributed by atoms with Crippen LogP contribution in [0.3, 0.4) is 0 Å². The molecular weight excluding hydrogens is 311 g/mol. The molecule has 0 unspecified atom stereocenters. The van der Waals surface area contributed by atoms with Gasteiger partial charge in [0, 0.05) is 15.7 Å². The molecular formula is C14H12BrFN2O. The first-order valence-electron chi connectivity index (χ1n) is 5.59. The van der Waals surface area contributed by atoms with Gasteiger partial charge in [0.25, 0.3) is 5.91 Å². The molecule has 0 heterocycles. The van der Waals surface area contributed by atoms with Crippen LogP contribution in [0.2, 0.25) is 0 Å². The number of nitrogens with two attached hydrogens (primary N) is 1. The standard InChI is InChI=1S/C14H12BrFN2O/c1-8-4-9(6-11(17)5-8)14(19)18-13-7-10(15)2-3-12(13)16/h2-7H,17H2,1H3,(H,18,19). The zero-order valence-corrected chi connectivity index (χ0v) is 11.8. The number of aryl methyl sites for hydroxylation is 1. The lowest BCUT2D eigenvalue weighted by atomic mass is 10.1. The van der Waals surface area contributed by atoms with Gasteiger partial charge in [-0.3, -0.25) is 4.79 Å². The molecule has 98 valence electrons. The van der Waals surface area contributed by atoms with Crippen molar-refractivity contribution in [3.63, 3.8) is 0 Å². The molecule has 1 amide bonds. The number of nitrogen functional groups attached to an aromatic ring is 1. The van der Waals surface area contributed by atoms with Crippen molar-refractivity contribution in [3.05, 3.63) is 57.8 Å². The number of benzene rings is 2. The molecule has 2 aromatic rings. The maximum Gasteiger partial charge on any atom is 0.255 e. The first-order chi connectivity index (χ1) is 8.95. The normalized spacial score (nSPS) is 10.3. The number of anilines is 2. The third-order valence-electron chi connectivity index (χ3n) is 2.54. The van der Waals surface area contributed by atoms with Gasteiger partial charge in [-0.25, -0.2) is 4.39 Å². The molecule has 0 fully saturated rings. The number of carbonyl (C=O) groups is 1. The van der Waals surface area contributed by atoms with Crippen molar-refractivity contribution >= 4 is 33.2 Å². The van der Waals surface area contributed by atoms with Crippen molar-refractivity contribution in [2.24, 2.45) is 0 Å². The zero-order chi connectivity index (χ0) is 14.0. The lowest BCUT2D eigenvalue weighted by molar-refractivity contribution is 0.102. The molecule has 2 rings (SSSR count). The van der Waals surface area contributed by atoms with E-state index in [1.165, 1.54) is 12.1 Å². The second-order valence-corrected chi connectivity index (χ2v) is 5.13. The zero-order valence-electron chi connectivity index (χ0n) is 10.2. The summed E-state index contributed by atoms with van der Waals surface area (Å²) in [7, 11) is 0. The van der Waals surface area contributed by atoms with Gasteiger partial charge in [0.1, 0.15) is 5.82 Å². The Morgan fingerprint density at radius 1 is 1.26 bits per heavy atom. The minimum Gasteiger partial charge on any atom is -0.399 e. The number of halogens is 2. The van der Waals surface area contributed by atoms with E-state index in [-0.39, 0.29) is 5.69 Å². The molecule has 0 aliphatic rings. The number of rotatable bonds is 2. The number of hydrogen-bond acceptors (Lipinski definition) is 2. The topological polar surface area (TPSA) is 55.1 Å². The van der Waals surface area contributed by atoms with Gasteiger partial charge in [-0.2, -0.15) is 0 Å². The van der Waals surface area contributed by atoms with Crippen molar-refractivity contribution in [1.82, 2.24) is 0 Å². The van der Waals surface area contributed by atoms with E-state index in [9.17, 15) is 9.18 Å². The molecule has 3 N–H and O–H groups in total. The van der Waals surface area contributed by atoms with Crippen LogP contribution in [0.1, 0.15) is 15.9 Å². The van der Waals surface area contributed by atoms with Gasteiger partial charge in [-0.1, -0.05) is 15.9 Å². The SMILES string of the molecule is Cc1cc(N)cc(C(=O)Nc2cc(Br)ccc2F)c1. The van der Waals surface area contributed by atoms with Gasteiger partial charge in [0.15, 0.2) is 0 Å². The number of nitrogens with one attached hydrogen (secondary N) is 1. The average molecular weight is 323 g/mol. The minimum atomic E-state index is -0.489. The molecule has 0 atom stereocenters. The Morgan fingerprint density at radius 2 is 2.00 bits per heavy atom. The molecule has 0 radical (unpaired) electrons. The fraction of sp³-hybridized carbons (Fsp3) is 0.0714. The van der Waals surface area contributed by atoms with Gasteiger partial charge < -0.3 is 11.1 Å². The summed E-state index contributed by atoms with van der Waals surface area (Å²) in [6, 6.07) is 9.36. The fourth-order valence-electron chi connectivity index (χ4n) is 1.73. The largest absolute Gasteiger partial charge is 0.399 e. The summed E-state index contributed by atoms with van der Waals surface area (Å²) in [4.78, 5) is 12.0. The molecule has 2 aromatic carbocycles. The van der Waals surface area contributed by atoms with Crippen LogP contribution >= 0.6 is 15.9 Å². The summed E-state index contributed by atoms with van der Waals surface area (Å²) >= 11 is 3.23. The van der Waals surface area contributed by atoms with Gasteiger partial charge in [0.05, 0.1) is 5.69 Å². The van der Waals surface area contributed by atoms with E-state index >= 15 is 0 Å². The highest BCUT2D eigenvalue weighted by molar-refractivity contribution is 9.10. The van der Waals surface area contributed by atoms with Crippen LogP contribution in [0.25, 0.3) is 0 Å². The number of amides is 1. The molecule has 0 saturated heterocycles. The molecule has 0 aliphatic heterocycles. The van der Waals surface area contributed by atoms with Crippen LogP contribution in [0.4, 0.5) is 15.8 Å². The highest BCUT2D eigenvalue weighted by Gasteiger charge is 2.10. The lowest BCUT2D eigenvalue weighted by Gasteiger charge is -2.08. The van der Waals surface area contributed by atoms with Crippen molar-refractivity contribution in [2.75, 3.05) is 11.1 Å². The molecule has 0 bridgehead atoms. The van der Waals surface area contributed by atoms with Crippen LogP contribution in [0.5, 0.6) is 0 Å². The van der Waals surface area contributed by atoms with E-state index in [0.29, 0.717) is 15.7 Å². The van der Waals surface area contributed by atoms with E-state index < -0.39 is 11.7 Å². The van der Waals surface area contributed by atoms with E-state index in [0.717, 1.165) is 5.56 Å². The highest BCUT2D eigenvalue weighted by atomic mass is 79.9. The maximum atomic E-state index is 13.5. The molecule has 19 heavy (non-hydrogen) atoms. The molecule has 0 saturated carbocycles. The Morgan fingerprint density at radius 3 is 2.68 bits per heavy atom. The Bertz CT molecular complexity index is 623. The van der Waals surface area contributed by atoms with Crippen molar-refractivity contribution in [1.29, 1.82) is 0 Å².